The predicted octanol–water partition coefficient (Wildman–Crippen LogP) is 2.90. The smallest absolute Gasteiger partial charge is 0.133 e. The average molecular weight is 248 g/mol. The van der Waals surface area contributed by atoms with E-state index in [9.17, 15) is 10.1 Å². The lowest BCUT2D eigenvalue weighted by molar-refractivity contribution is -0.122. The number of nitrogens with zero attached hydrogens (tertiary/aromatic N) is 2. The molecule has 0 N–H and O–H groups in total. The van der Waals surface area contributed by atoms with Crippen molar-refractivity contribution in [3.05, 3.63) is 0 Å². The minimum atomic E-state index is -0.0560. The number of hydrogen-bond donors (Lipinski definition) is 0. The van der Waals surface area contributed by atoms with Crippen LogP contribution in [0.4, 0.5) is 0 Å². The fourth-order valence-corrected chi connectivity index (χ4v) is 3.73. The summed E-state index contributed by atoms with van der Waals surface area (Å²) in [5.74, 6) is 0.614. The number of Topliss-reactive ketones (excluding diaryl/α,β-unsaturated/α-hetero) is 1. The van der Waals surface area contributed by atoms with Gasteiger partial charge in [0.1, 0.15) is 11.8 Å². The molecule has 0 aromatic heterocycles. The molecule has 18 heavy (non-hydrogen) atoms. The maximum atomic E-state index is 11.6. The average Bonchev–Trinajstić information content (AvgIpc) is 2.34. The number of ketones is 1. The Morgan fingerprint density at radius 2 is 1.89 bits per heavy atom. The summed E-state index contributed by atoms with van der Waals surface area (Å²) in [6.07, 6.45) is 6.99. The molecular formula is C15H24N2O. The number of hydrogen-bond acceptors (Lipinski definition) is 3. The lowest BCUT2D eigenvalue weighted by Gasteiger charge is -2.44. The first-order chi connectivity index (χ1) is 8.63. The van der Waals surface area contributed by atoms with Crippen molar-refractivity contribution in [2.75, 3.05) is 0 Å². The van der Waals surface area contributed by atoms with Gasteiger partial charge >= 0.3 is 0 Å². The van der Waals surface area contributed by atoms with Gasteiger partial charge in [0, 0.05) is 24.9 Å². The second kappa shape index (κ2) is 5.84. The van der Waals surface area contributed by atoms with Crippen molar-refractivity contribution in [2.45, 2.75) is 76.9 Å². The molecule has 100 valence electrons. The number of rotatable bonds is 2. The summed E-state index contributed by atoms with van der Waals surface area (Å²) in [6.45, 7) is 4.45. The van der Waals surface area contributed by atoms with Gasteiger partial charge in [0.25, 0.3) is 0 Å². The molecule has 0 aromatic carbocycles. The highest BCUT2D eigenvalue weighted by Gasteiger charge is 2.37. The minimum absolute atomic E-state index is 0.0560. The van der Waals surface area contributed by atoms with Crippen molar-refractivity contribution in [1.29, 1.82) is 5.26 Å². The molecule has 1 aliphatic heterocycles. The Kier molecular flexibility index (Phi) is 4.40. The highest BCUT2D eigenvalue weighted by Crippen LogP contribution is 2.33. The maximum Gasteiger partial charge on any atom is 0.133 e. The molecule has 1 heterocycles. The van der Waals surface area contributed by atoms with Crippen LogP contribution in [0.15, 0.2) is 0 Å². The van der Waals surface area contributed by atoms with Crippen LogP contribution in [-0.4, -0.2) is 28.8 Å². The number of piperidine rings is 1. The second-order valence-electron chi connectivity index (χ2n) is 6.05. The van der Waals surface area contributed by atoms with Crippen LogP contribution in [0.3, 0.4) is 0 Å². The van der Waals surface area contributed by atoms with E-state index in [2.05, 4.69) is 24.8 Å². The molecule has 3 heteroatoms. The largest absolute Gasteiger partial charge is 0.300 e. The second-order valence-corrected chi connectivity index (χ2v) is 6.05. The van der Waals surface area contributed by atoms with E-state index in [1.54, 1.807) is 0 Å². The predicted molar refractivity (Wildman–Crippen MR) is 71.0 cm³/mol. The van der Waals surface area contributed by atoms with E-state index in [4.69, 9.17) is 0 Å². The zero-order valence-corrected chi connectivity index (χ0v) is 11.6. The molecule has 0 amide bonds. The highest BCUT2D eigenvalue weighted by molar-refractivity contribution is 5.79. The standard InChI is InChI=1S/C15H24N2O/c1-11-5-3-6-12(2)17(11)15(10-16)13-7-4-8-14(18)9-13/h11-13,15H,3-9H2,1-2H3. The van der Waals surface area contributed by atoms with Gasteiger partial charge in [-0.3, -0.25) is 9.69 Å². The van der Waals surface area contributed by atoms with Crippen LogP contribution in [0.5, 0.6) is 0 Å². The minimum Gasteiger partial charge on any atom is -0.300 e. The molecule has 1 saturated heterocycles. The van der Waals surface area contributed by atoms with E-state index in [0.717, 1.165) is 19.3 Å². The van der Waals surface area contributed by atoms with Crippen LogP contribution in [0, 0.1) is 17.2 Å². The molecule has 0 aromatic rings. The number of carbonyl (C=O) groups excluding carboxylic acids is 1. The third-order valence-electron chi connectivity index (χ3n) is 4.68. The maximum absolute atomic E-state index is 11.6. The Bertz CT molecular complexity index is 337. The number of nitriles is 1. The molecule has 1 saturated carbocycles. The van der Waals surface area contributed by atoms with Gasteiger partial charge in [0.15, 0.2) is 0 Å². The molecule has 2 aliphatic rings. The van der Waals surface area contributed by atoms with Crippen LogP contribution >= 0.6 is 0 Å². The van der Waals surface area contributed by atoms with Crippen LogP contribution in [0.2, 0.25) is 0 Å². The number of carbonyl (C=O) groups is 1. The van der Waals surface area contributed by atoms with Crippen molar-refractivity contribution in [2.24, 2.45) is 5.92 Å². The summed E-state index contributed by atoms with van der Waals surface area (Å²) < 4.78 is 0. The third kappa shape index (κ3) is 2.75. The van der Waals surface area contributed by atoms with Gasteiger partial charge in [-0.2, -0.15) is 5.26 Å². The molecule has 4 atom stereocenters. The lowest BCUT2D eigenvalue weighted by Crippen LogP contribution is -2.52. The Balaban J connectivity index is 2.11. The normalized spacial score (nSPS) is 36.1. The fraction of sp³-hybridized carbons (Fsp3) is 0.867. The van der Waals surface area contributed by atoms with Crippen LogP contribution in [0.1, 0.15) is 58.8 Å². The van der Waals surface area contributed by atoms with Gasteiger partial charge in [-0.25, -0.2) is 0 Å². The molecule has 2 rings (SSSR count). The summed E-state index contributed by atoms with van der Waals surface area (Å²) in [5.41, 5.74) is 0. The summed E-state index contributed by atoms with van der Waals surface area (Å²) in [6, 6.07) is 3.40. The topological polar surface area (TPSA) is 44.1 Å². The molecule has 3 nitrogen and oxygen atoms in total. The number of likely N-dealkylation sites (tertiary alicyclic amines) is 1. The van der Waals surface area contributed by atoms with E-state index in [-0.39, 0.29) is 12.0 Å². The quantitative estimate of drug-likeness (QED) is 0.754. The van der Waals surface area contributed by atoms with Crippen molar-refractivity contribution in [3.8, 4) is 6.07 Å². The zero-order chi connectivity index (χ0) is 13.1. The SMILES string of the molecule is CC1CCCC(C)N1C(C#N)C1CCCC(=O)C1. The Morgan fingerprint density at radius 3 is 2.44 bits per heavy atom. The molecule has 1 aliphatic carbocycles. The summed E-state index contributed by atoms with van der Waals surface area (Å²) in [5, 5.41) is 9.55. The first-order valence-corrected chi connectivity index (χ1v) is 7.32. The van der Waals surface area contributed by atoms with E-state index >= 15 is 0 Å². The Hall–Kier alpha value is -0.880. The fourth-order valence-electron chi connectivity index (χ4n) is 3.73. The van der Waals surface area contributed by atoms with Crippen molar-refractivity contribution in [3.63, 3.8) is 0 Å². The molecule has 0 radical (unpaired) electrons. The van der Waals surface area contributed by atoms with Gasteiger partial charge in [0.2, 0.25) is 0 Å². The van der Waals surface area contributed by atoms with Crippen LogP contribution in [0.25, 0.3) is 0 Å². The highest BCUT2D eigenvalue weighted by atomic mass is 16.1. The van der Waals surface area contributed by atoms with E-state index in [0.29, 0.717) is 24.3 Å². The summed E-state index contributed by atoms with van der Waals surface area (Å²) in [7, 11) is 0. The van der Waals surface area contributed by atoms with E-state index in [1.807, 2.05) is 0 Å². The van der Waals surface area contributed by atoms with Gasteiger partial charge in [0.05, 0.1) is 6.07 Å². The van der Waals surface area contributed by atoms with E-state index in [1.165, 1.54) is 19.3 Å². The third-order valence-corrected chi connectivity index (χ3v) is 4.68. The molecular weight excluding hydrogens is 224 g/mol. The van der Waals surface area contributed by atoms with Crippen LogP contribution in [-0.2, 0) is 4.79 Å². The molecule has 0 bridgehead atoms. The molecule has 0 spiro atoms. The summed E-state index contributed by atoms with van der Waals surface area (Å²) in [4.78, 5) is 14.0. The Morgan fingerprint density at radius 1 is 1.22 bits per heavy atom. The first kappa shape index (κ1) is 13.5. The molecule has 4 unspecified atom stereocenters. The van der Waals surface area contributed by atoms with Gasteiger partial charge in [-0.05, 0) is 45.4 Å². The van der Waals surface area contributed by atoms with Gasteiger partial charge in [-0.1, -0.05) is 6.42 Å². The van der Waals surface area contributed by atoms with Crippen molar-refractivity contribution >= 4 is 5.78 Å². The zero-order valence-electron chi connectivity index (χ0n) is 11.6. The van der Waals surface area contributed by atoms with Crippen LogP contribution < -0.4 is 0 Å². The lowest BCUT2D eigenvalue weighted by atomic mass is 9.81. The first-order valence-electron chi connectivity index (χ1n) is 7.32. The monoisotopic (exact) mass is 248 g/mol. The van der Waals surface area contributed by atoms with Crippen molar-refractivity contribution < 1.29 is 4.79 Å². The van der Waals surface area contributed by atoms with Gasteiger partial charge < -0.3 is 0 Å². The Labute approximate surface area is 110 Å². The van der Waals surface area contributed by atoms with Crippen molar-refractivity contribution in [1.82, 2.24) is 4.90 Å². The van der Waals surface area contributed by atoms with E-state index < -0.39 is 0 Å². The van der Waals surface area contributed by atoms with Gasteiger partial charge in [-0.15, -0.1) is 0 Å². The molecule has 2 fully saturated rings. The summed E-state index contributed by atoms with van der Waals surface area (Å²) >= 11 is 0.